The molecule has 0 spiro atoms. The van der Waals surface area contributed by atoms with Gasteiger partial charge in [0.2, 0.25) is 0 Å². The predicted octanol–water partition coefficient (Wildman–Crippen LogP) is 0.941. The molecule has 1 aromatic rings. The lowest BCUT2D eigenvalue weighted by Crippen LogP contribution is -2.32. The summed E-state index contributed by atoms with van der Waals surface area (Å²) in [5, 5.41) is 12.2. The molecular weight excluding hydrogens is 355 g/mol. The first kappa shape index (κ1) is 17.8. The second-order valence-electron chi connectivity index (χ2n) is 3.97. The van der Waals surface area contributed by atoms with E-state index < -0.39 is 0 Å². The van der Waals surface area contributed by atoms with Crippen molar-refractivity contribution >= 4 is 29.9 Å². The second-order valence-corrected chi connectivity index (χ2v) is 3.97. The van der Waals surface area contributed by atoms with Crippen molar-refractivity contribution in [2.75, 3.05) is 19.7 Å². The van der Waals surface area contributed by atoms with Crippen LogP contribution in [0.4, 0.5) is 0 Å². The van der Waals surface area contributed by atoms with Crippen LogP contribution in [-0.2, 0) is 6.42 Å². The van der Waals surface area contributed by atoms with E-state index in [1.54, 1.807) is 12.3 Å². The van der Waals surface area contributed by atoms with Crippen LogP contribution in [0.5, 0.6) is 0 Å². The van der Waals surface area contributed by atoms with Crippen LogP contribution in [0.15, 0.2) is 42.0 Å². The van der Waals surface area contributed by atoms with Crippen LogP contribution in [0.3, 0.4) is 0 Å². The van der Waals surface area contributed by atoms with E-state index in [0.29, 0.717) is 25.5 Å². The van der Waals surface area contributed by atoms with Crippen LogP contribution in [0.25, 0.3) is 0 Å². The quantitative estimate of drug-likeness (QED) is 0.286. The van der Waals surface area contributed by atoms with E-state index in [1.165, 1.54) is 0 Å². The minimum atomic E-state index is 0. The maximum absolute atomic E-state index is 9.30. The number of hydrogen-bond acceptors (Lipinski definition) is 3. The Morgan fingerprint density at radius 1 is 1.58 bits per heavy atom. The minimum Gasteiger partial charge on any atom is -0.396 e. The Labute approximate surface area is 131 Å². The zero-order valence-corrected chi connectivity index (χ0v) is 13.2. The van der Waals surface area contributed by atoms with Gasteiger partial charge in [-0.15, -0.1) is 30.6 Å². The monoisotopic (exact) mass is 376 g/mol. The van der Waals surface area contributed by atoms with Crippen LogP contribution in [0.2, 0.25) is 0 Å². The smallest absolute Gasteiger partial charge is 0.188 e. The molecule has 0 saturated carbocycles. The molecule has 1 atom stereocenters. The average molecular weight is 376 g/mol. The first-order valence-electron chi connectivity index (χ1n) is 5.91. The van der Waals surface area contributed by atoms with E-state index in [-0.39, 0.29) is 36.5 Å². The molecule has 0 aliphatic carbocycles. The van der Waals surface area contributed by atoms with Gasteiger partial charge in [0.15, 0.2) is 5.96 Å². The average Bonchev–Trinajstić information content (AvgIpc) is 2.42. The number of rotatable bonds is 7. The van der Waals surface area contributed by atoms with Gasteiger partial charge < -0.3 is 16.2 Å². The summed E-state index contributed by atoms with van der Waals surface area (Å²) in [4.78, 5) is 8.40. The highest BCUT2D eigenvalue weighted by Gasteiger charge is 2.08. The summed E-state index contributed by atoms with van der Waals surface area (Å²) in [5.74, 6) is 0.401. The molecule has 106 valence electrons. The van der Waals surface area contributed by atoms with Crippen molar-refractivity contribution in [1.82, 2.24) is 10.3 Å². The normalized spacial score (nSPS) is 12.4. The van der Waals surface area contributed by atoms with E-state index in [2.05, 4.69) is 21.9 Å². The Bertz CT molecular complexity index is 383. The van der Waals surface area contributed by atoms with Crippen molar-refractivity contribution in [3.05, 3.63) is 42.7 Å². The number of aliphatic hydroxyl groups is 1. The van der Waals surface area contributed by atoms with Gasteiger partial charge in [0.1, 0.15) is 0 Å². The number of nitrogens with one attached hydrogen (secondary N) is 1. The molecule has 0 aliphatic heterocycles. The zero-order chi connectivity index (χ0) is 13.2. The largest absolute Gasteiger partial charge is 0.396 e. The number of aliphatic hydroxyl groups excluding tert-OH is 1. The highest BCUT2D eigenvalue weighted by molar-refractivity contribution is 14.0. The summed E-state index contributed by atoms with van der Waals surface area (Å²) >= 11 is 0. The van der Waals surface area contributed by atoms with E-state index in [1.807, 2.05) is 18.2 Å². The van der Waals surface area contributed by atoms with Crippen molar-refractivity contribution < 1.29 is 5.11 Å². The Hall–Kier alpha value is -1.15. The van der Waals surface area contributed by atoms with Gasteiger partial charge in [0, 0.05) is 37.5 Å². The van der Waals surface area contributed by atoms with Crippen LogP contribution in [0.1, 0.15) is 5.69 Å². The Morgan fingerprint density at radius 2 is 2.37 bits per heavy atom. The van der Waals surface area contributed by atoms with Gasteiger partial charge in [0.05, 0.1) is 0 Å². The lowest BCUT2D eigenvalue weighted by Gasteiger charge is -2.11. The zero-order valence-electron chi connectivity index (χ0n) is 10.8. The standard InChI is InChI=1S/C13H20N4O.HI/c1-2-6-16-13(14)17-9-11(10-18)8-12-5-3-4-7-15-12;/h2-5,7,11,18H,1,6,8-10H2,(H3,14,16,17);1H. The fourth-order valence-electron chi connectivity index (χ4n) is 1.46. The molecule has 19 heavy (non-hydrogen) atoms. The molecule has 0 fully saturated rings. The third-order valence-corrected chi connectivity index (χ3v) is 2.43. The van der Waals surface area contributed by atoms with Gasteiger partial charge in [-0.3, -0.25) is 9.98 Å². The number of aliphatic imine (C=N–C) groups is 1. The summed E-state index contributed by atoms with van der Waals surface area (Å²) in [6.45, 7) is 4.70. The van der Waals surface area contributed by atoms with Crippen LogP contribution < -0.4 is 11.1 Å². The van der Waals surface area contributed by atoms with Gasteiger partial charge in [0.25, 0.3) is 0 Å². The van der Waals surface area contributed by atoms with Crippen LogP contribution >= 0.6 is 24.0 Å². The third-order valence-electron chi connectivity index (χ3n) is 2.43. The highest BCUT2D eigenvalue weighted by atomic mass is 127. The third kappa shape index (κ3) is 7.78. The molecule has 1 rings (SSSR count). The number of nitrogens with two attached hydrogens (primary N) is 1. The minimum absolute atomic E-state index is 0. The molecule has 4 N–H and O–H groups in total. The van der Waals surface area contributed by atoms with Gasteiger partial charge in [-0.05, 0) is 18.6 Å². The summed E-state index contributed by atoms with van der Waals surface area (Å²) in [5.41, 5.74) is 6.60. The number of guanidine groups is 1. The molecule has 5 nitrogen and oxygen atoms in total. The van der Waals surface area contributed by atoms with Crippen molar-refractivity contribution in [2.45, 2.75) is 6.42 Å². The summed E-state index contributed by atoms with van der Waals surface area (Å²) in [6, 6.07) is 5.73. The highest BCUT2D eigenvalue weighted by Crippen LogP contribution is 2.06. The molecule has 0 bridgehead atoms. The van der Waals surface area contributed by atoms with Crippen molar-refractivity contribution in [3.8, 4) is 0 Å². The van der Waals surface area contributed by atoms with Gasteiger partial charge in [-0.25, -0.2) is 0 Å². The van der Waals surface area contributed by atoms with Crippen molar-refractivity contribution in [3.63, 3.8) is 0 Å². The molecule has 0 amide bonds. The van der Waals surface area contributed by atoms with E-state index in [4.69, 9.17) is 5.73 Å². The SMILES string of the molecule is C=CCNC(N)=NCC(CO)Cc1ccccn1.I. The molecule has 1 unspecified atom stereocenters. The number of halogens is 1. The molecule has 1 aromatic heterocycles. The number of aromatic nitrogens is 1. The molecule has 0 aliphatic rings. The molecule has 0 radical (unpaired) electrons. The first-order valence-corrected chi connectivity index (χ1v) is 5.91. The van der Waals surface area contributed by atoms with Crippen LogP contribution in [-0.4, -0.2) is 35.7 Å². The molecule has 6 heteroatoms. The predicted molar refractivity (Wildman–Crippen MR) is 88.6 cm³/mol. The van der Waals surface area contributed by atoms with E-state index >= 15 is 0 Å². The Morgan fingerprint density at radius 3 is 2.95 bits per heavy atom. The maximum Gasteiger partial charge on any atom is 0.188 e. The first-order chi connectivity index (χ1) is 8.76. The van der Waals surface area contributed by atoms with Crippen LogP contribution in [0, 0.1) is 5.92 Å². The fraction of sp³-hybridized carbons (Fsp3) is 0.385. The fourth-order valence-corrected chi connectivity index (χ4v) is 1.46. The number of nitrogens with zero attached hydrogens (tertiary/aromatic N) is 2. The van der Waals surface area contributed by atoms with E-state index in [9.17, 15) is 5.11 Å². The second kappa shape index (κ2) is 10.7. The van der Waals surface area contributed by atoms with Crippen molar-refractivity contribution in [2.24, 2.45) is 16.6 Å². The van der Waals surface area contributed by atoms with Gasteiger partial charge in [-0.1, -0.05) is 12.1 Å². The number of hydrogen-bond donors (Lipinski definition) is 3. The molecular formula is C13H21IN4O. The lowest BCUT2D eigenvalue weighted by molar-refractivity contribution is 0.229. The Kier molecular flexibility index (Phi) is 10.1. The Balaban J connectivity index is 0.00000324. The molecule has 0 aromatic carbocycles. The summed E-state index contributed by atoms with van der Waals surface area (Å²) < 4.78 is 0. The lowest BCUT2D eigenvalue weighted by atomic mass is 10.0. The summed E-state index contributed by atoms with van der Waals surface area (Å²) in [6.07, 6.45) is 4.14. The molecule has 0 saturated heterocycles. The molecule has 1 heterocycles. The van der Waals surface area contributed by atoms with Gasteiger partial charge in [-0.2, -0.15) is 0 Å². The topological polar surface area (TPSA) is 83.5 Å². The summed E-state index contributed by atoms with van der Waals surface area (Å²) in [7, 11) is 0. The van der Waals surface area contributed by atoms with E-state index in [0.717, 1.165) is 5.69 Å². The maximum atomic E-state index is 9.30. The van der Waals surface area contributed by atoms with Crippen molar-refractivity contribution in [1.29, 1.82) is 0 Å². The van der Waals surface area contributed by atoms with Gasteiger partial charge >= 0.3 is 0 Å². The number of pyridine rings is 1.